The average Bonchev–Trinajstić information content (AvgIpc) is 2.84. The highest BCUT2D eigenvalue weighted by molar-refractivity contribution is 7.12. The molecule has 1 aliphatic heterocycles. The van der Waals surface area contributed by atoms with Gasteiger partial charge < -0.3 is 5.11 Å². The van der Waals surface area contributed by atoms with Gasteiger partial charge in [0.25, 0.3) is 6.43 Å². The van der Waals surface area contributed by atoms with Gasteiger partial charge in [0.1, 0.15) is 0 Å². The minimum Gasteiger partial charge on any atom is -0.396 e. The van der Waals surface area contributed by atoms with E-state index in [0.717, 1.165) is 25.8 Å². The van der Waals surface area contributed by atoms with Crippen molar-refractivity contribution in [2.75, 3.05) is 19.7 Å². The van der Waals surface area contributed by atoms with Crippen LogP contribution in [0.25, 0.3) is 0 Å². The highest BCUT2D eigenvalue weighted by Gasteiger charge is 2.29. The molecule has 0 radical (unpaired) electrons. The van der Waals surface area contributed by atoms with Gasteiger partial charge in [0.05, 0.1) is 6.54 Å². The van der Waals surface area contributed by atoms with Crippen LogP contribution in [-0.4, -0.2) is 42.2 Å². The largest absolute Gasteiger partial charge is 0.396 e. The number of hydrogen-bond acceptors (Lipinski definition) is 3. The van der Waals surface area contributed by atoms with E-state index in [2.05, 4.69) is 13.0 Å². The normalized spacial score (nSPS) is 23.9. The molecule has 0 amide bonds. The van der Waals surface area contributed by atoms with Gasteiger partial charge in [-0.25, -0.2) is 8.78 Å². The Morgan fingerprint density at radius 1 is 1.48 bits per heavy atom. The van der Waals surface area contributed by atoms with Crippen LogP contribution in [0.15, 0.2) is 6.07 Å². The van der Waals surface area contributed by atoms with Crippen LogP contribution in [0.1, 0.15) is 47.9 Å². The van der Waals surface area contributed by atoms with E-state index in [1.807, 2.05) is 11.8 Å². The van der Waals surface area contributed by atoms with Gasteiger partial charge in [0.15, 0.2) is 0 Å². The second-order valence-electron chi connectivity index (χ2n) is 5.87. The molecular weight excluding hydrogens is 292 g/mol. The maximum absolute atomic E-state index is 12.6. The minimum atomic E-state index is -2.25. The number of alkyl halides is 2. The maximum Gasteiger partial charge on any atom is 0.251 e. The third-order valence-electron chi connectivity index (χ3n) is 4.41. The van der Waals surface area contributed by atoms with E-state index in [4.69, 9.17) is 0 Å². The summed E-state index contributed by atoms with van der Waals surface area (Å²) in [5.41, 5.74) is 1.36. The molecule has 0 bridgehead atoms. The Labute approximate surface area is 129 Å². The molecule has 1 aromatic rings. The summed E-state index contributed by atoms with van der Waals surface area (Å²) in [6.07, 6.45) is 1.36. The molecule has 1 aliphatic rings. The Balaban J connectivity index is 2.08. The molecule has 1 aromatic heterocycles. The number of thiophene rings is 1. The Bertz CT molecular complexity index is 449. The highest BCUT2D eigenvalue weighted by atomic mass is 32.1. The van der Waals surface area contributed by atoms with Crippen LogP contribution in [-0.2, 0) is 12.8 Å². The first-order valence-electron chi connectivity index (χ1n) is 7.79. The third-order valence-corrected chi connectivity index (χ3v) is 5.76. The smallest absolute Gasteiger partial charge is 0.251 e. The minimum absolute atomic E-state index is 0.110. The second-order valence-corrected chi connectivity index (χ2v) is 7.10. The average molecular weight is 317 g/mol. The molecule has 2 unspecified atom stereocenters. The Morgan fingerprint density at radius 3 is 2.81 bits per heavy atom. The Morgan fingerprint density at radius 2 is 2.24 bits per heavy atom. The SMILES string of the molecule is CCc1cc(C2CCN(CC(F)F)C(C)C2)c(CCO)s1. The summed E-state index contributed by atoms with van der Waals surface area (Å²) in [5.74, 6) is 0.451. The zero-order chi connectivity index (χ0) is 15.4. The summed E-state index contributed by atoms with van der Waals surface area (Å²) >= 11 is 1.80. The number of likely N-dealkylation sites (tertiary alicyclic amines) is 1. The van der Waals surface area contributed by atoms with Crippen LogP contribution in [0.3, 0.4) is 0 Å². The predicted octanol–water partition coefficient (Wildman–Crippen LogP) is 3.68. The molecule has 2 atom stereocenters. The van der Waals surface area contributed by atoms with Crippen LogP contribution in [0.5, 0.6) is 0 Å². The van der Waals surface area contributed by atoms with Crippen LogP contribution < -0.4 is 0 Å². The van der Waals surface area contributed by atoms with Gasteiger partial charge in [-0.15, -0.1) is 11.3 Å². The van der Waals surface area contributed by atoms with Crippen LogP contribution in [0.4, 0.5) is 8.78 Å². The first-order valence-corrected chi connectivity index (χ1v) is 8.61. The Kier molecular flexibility index (Phi) is 6.14. The zero-order valence-corrected chi connectivity index (χ0v) is 13.6. The van der Waals surface area contributed by atoms with Gasteiger partial charge in [-0.2, -0.15) is 0 Å². The van der Waals surface area contributed by atoms with Crippen molar-refractivity contribution < 1.29 is 13.9 Å². The van der Waals surface area contributed by atoms with Crippen molar-refractivity contribution in [3.05, 3.63) is 21.4 Å². The summed E-state index contributed by atoms with van der Waals surface area (Å²) in [7, 11) is 0. The van der Waals surface area contributed by atoms with Crippen molar-refractivity contribution in [2.45, 2.75) is 57.9 Å². The van der Waals surface area contributed by atoms with Crippen LogP contribution in [0, 0.1) is 0 Å². The van der Waals surface area contributed by atoms with Crippen molar-refractivity contribution in [1.82, 2.24) is 4.90 Å². The van der Waals surface area contributed by atoms with Gasteiger partial charge >= 0.3 is 0 Å². The number of hydrogen-bond donors (Lipinski definition) is 1. The van der Waals surface area contributed by atoms with Gasteiger partial charge in [0.2, 0.25) is 0 Å². The zero-order valence-electron chi connectivity index (χ0n) is 12.8. The summed E-state index contributed by atoms with van der Waals surface area (Å²) in [6.45, 7) is 5.00. The molecule has 21 heavy (non-hydrogen) atoms. The van der Waals surface area contributed by atoms with E-state index in [0.29, 0.717) is 12.3 Å². The van der Waals surface area contributed by atoms with E-state index >= 15 is 0 Å². The number of aliphatic hydroxyl groups excluding tert-OH is 1. The summed E-state index contributed by atoms with van der Waals surface area (Å²) < 4.78 is 25.1. The summed E-state index contributed by atoms with van der Waals surface area (Å²) in [6, 6.07) is 2.47. The number of piperidine rings is 1. The number of rotatable bonds is 6. The molecule has 5 heteroatoms. The molecule has 0 spiro atoms. The maximum atomic E-state index is 12.6. The monoisotopic (exact) mass is 317 g/mol. The fourth-order valence-electron chi connectivity index (χ4n) is 3.27. The molecule has 2 heterocycles. The first-order chi connectivity index (χ1) is 10.0. The molecule has 1 fully saturated rings. The molecule has 1 N–H and O–H groups in total. The summed E-state index contributed by atoms with van der Waals surface area (Å²) in [4.78, 5) is 4.55. The highest BCUT2D eigenvalue weighted by Crippen LogP contribution is 2.37. The lowest BCUT2D eigenvalue weighted by Gasteiger charge is -2.37. The van der Waals surface area contributed by atoms with E-state index in [9.17, 15) is 13.9 Å². The number of aliphatic hydroxyl groups is 1. The van der Waals surface area contributed by atoms with Gasteiger partial charge in [0, 0.05) is 28.8 Å². The van der Waals surface area contributed by atoms with E-state index < -0.39 is 6.43 Å². The van der Waals surface area contributed by atoms with Crippen molar-refractivity contribution in [1.29, 1.82) is 0 Å². The van der Waals surface area contributed by atoms with Crippen molar-refractivity contribution in [2.24, 2.45) is 0 Å². The van der Waals surface area contributed by atoms with Crippen molar-refractivity contribution in [3.63, 3.8) is 0 Å². The summed E-state index contributed by atoms with van der Waals surface area (Å²) in [5, 5.41) is 9.23. The molecule has 0 saturated carbocycles. The lowest BCUT2D eigenvalue weighted by Crippen LogP contribution is -2.42. The van der Waals surface area contributed by atoms with Crippen LogP contribution in [0.2, 0.25) is 0 Å². The molecule has 2 nitrogen and oxygen atoms in total. The second kappa shape index (κ2) is 7.65. The fourth-order valence-corrected chi connectivity index (χ4v) is 4.45. The molecule has 0 aliphatic carbocycles. The molecule has 120 valence electrons. The number of aryl methyl sites for hydroxylation is 1. The number of nitrogens with zero attached hydrogens (tertiary/aromatic N) is 1. The standard InChI is InChI=1S/C16H25F2NOS/c1-3-13-9-14(15(21-13)5-7-20)12-4-6-19(10-16(17)18)11(2)8-12/h9,11-12,16,20H,3-8,10H2,1-2H3. The molecular formula is C16H25F2NOS. The van der Waals surface area contributed by atoms with Crippen molar-refractivity contribution >= 4 is 11.3 Å². The van der Waals surface area contributed by atoms with Crippen molar-refractivity contribution in [3.8, 4) is 0 Å². The van der Waals surface area contributed by atoms with Gasteiger partial charge in [-0.05, 0) is 50.3 Å². The van der Waals surface area contributed by atoms with Crippen LogP contribution >= 0.6 is 11.3 Å². The topological polar surface area (TPSA) is 23.5 Å². The van der Waals surface area contributed by atoms with E-state index in [-0.39, 0.29) is 19.2 Å². The first kappa shape index (κ1) is 16.8. The Hall–Kier alpha value is -0.520. The van der Waals surface area contributed by atoms with E-state index in [1.165, 1.54) is 15.3 Å². The number of halogens is 2. The predicted molar refractivity (Wildman–Crippen MR) is 83.5 cm³/mol. The lowest BCUT2D eigenvalue weighted by molar-refractivity contribution is 0.0498. The molecule has 1 saturated heterocycles. The molecule has 2 rings (SSSR count). The molecule has 0 aromatic carbocycles. The lowest BCUT2D eigenvalue weighted by atomic mass is 9.85. The van der Waals surface area contributed by atoms with Gasteiger partial charge in [-0.1, -0.05) is 6.92 Å². The van der Waals surface area contributed by atoms with Gasteiger partial charge in [-0.3, -0.25) is 4.90 Å². The fraction of sp³-hybridized carbons (Fsp3) is 0.750. The third kappa shape index (κ3) is 4.24. The van der Waals surface area contributed by atoms with E-state index in [1.54, 1.807) is 11.3 Å². The quantitative estimate of drug-likeness (QED) is 0.865.